The molecular formula is C11H13BrS. The first-order valence-corrected chi connectivity index (χ1v) is 5.90. The zero-order chi connectivity index (χ0) is 9.47. The molecule has 1 saturated carbocycles. The number of rotatable bonds is 2. The Labute approximate surface area is 93.3 Å². The maximum atomic E-state index is 4.57. The second kappa shape index (κ2) is 3.32. The molecule has 0 radical (unpaired) electrons. The molecule has 0 aliphatic heterocycles. The van der Waals surface area contributed by atoms with Crippen LogP contribution in [0.5, 0.6) is 0 Å². The smallest absolute Gasteiger partial charge is 0.0178 e. The van der Waals surface area contributed by atoms with Crippen molar-refractivity contribution in [2.24, 2.45) is 0 Å². The number of halogens is 1. The third-order valence-electron chi connectivity index (χ3n) is 2.99. The van der Waals surface area contributed by atoms with E-state index in [1.54, 1.807) is 0 Å². The fourth-order valence-electron chi connectivity index (χ4n) is 1.88. The van der Waals surface area contributed by atoms with Gasteiger partial charge in [-0.15, -0.1) is 0 Å². The number of benzene rings is 1. The lowest BCUT2D eigenvalue weighted by Crippen LogP contribution is -2.17. The molecule has 2 rings (SSSR count). The molecule has 0 amide bonds. The second-order valence-electron chi connectivity index (χ2n) is 3.84. The van der Waals surface area contributed by atoms with Gasteiger partial charge in [-0.3, -0.25) is 0 Å². The molecule has 1 aliphatic rings. The molecule has 1 atom stereocenters. The molecule has 0 saturated heterocycles. The first kappa shape index (κ1) is 9.60. The van der Waals surface area contributed by atoms with Gasteiger partial charge in [-0.25, -0.2) is 0 Å². The molecule has 0 bridgehead atoms. The van der Waals surface area contributed by atoms with Gasteiger partial charge in [-0.1, -0.05) is 35.0 Å². The van der Waals surface area contributed by atoms with Crippen molar-refractivity contribution in [2.75, 3.05) is 0 Å². The van der Waals surface area contributed by atoms with Crippen LogP contribution in [0.2, 0.25) is 0 Å². The predicted octanol–water partition coefficient (Wildman–Crippen LogP) is 3.80. The van der Waals surface area contributed by atoms with E-state index in [9.17, 15) is 0 Å². The van der Waals surface area contributed by atoms with Gasteiger partial charge < -0.3 is 0 Å². The minimum atomic E-state index is 0.368. The van der Waals surface area contributed by atoms with Gasteiger partial charge >= 0.3 is 0 Å². The van der Waals surface area contributed by atoms with Crippen LogP contribution >= 0.6 is 28.6 Å². The number of hydrogen-bond donors (Lipinski definition) is 1. The highest BCUT2D eigenvalue weighted by Gasteiger charge is 2.47. The van der Waals surface area contributed by atoms with Crippen molar-refractivity contribution >= 4 is 28.6 Å². The highest BCUT2D eigenvalue weighted by Crippen LogP contribution is 2.52. The van der Waals surface area contributed by atoms with Crippen LogP contribution in [0, 0.1) is 0 Å². The van der Waals surface area contributed by atoms with Crippen LogP contribution in [0.15, 0.2) is 28.7 Å². The molecule has 1 aromatic carbocycles. The first-order valence-electron chi connectivity index (χ1n) is 4.59. The highest BCUT2D eigenvalue weighted by atomic mass is 79.9. The van der Waals surface area contributed by atoms with Gasteiger partial charge in [0.1, 0.15) is 0 Å². The van der Waals surface area contributed by atoms with Crippen LogP contribution < -0.4 is 0 Å². The lowest BCUT2D eigenvalue weighted by Gasteiger charge is -2.19. The van der Waals surface area contributed by atoms with E-state index in [0.717, 1.165) is 0 Å². The van der Waals surface area contributed by atoms with Crippen molar-refractivity contribution in [3.05, 3.63) is 34.3 Å². The van der Waals surface area contributed by atoms with Crippen LogP contribution in [0.1, 0.15) is 25.3 Å². The summed E-state index contributed by atoms with van der Waals surface area (Å²) in [5, 5.41) is 0.460. The minimum absolute atomic E-state index is 0.368. The molecule has 0 heterocycles. The fourth-order valence-corrected chi connectivity index (χ4v) is 2.69. The molecule has 0 nitrogen and oxygen atoms in total. The van der Waals surface area contributed by atoms with Gasteiger partial charge in [0.2, 0.25) is 0 Å². The second-order valence-corrected chi connectivity index (χ2v) is 5.53. The van der Waals surface area contributed by atoms with E-state index in [2.05, 4.69) is 59.7 Å². The molecule has 0 N–H and O–H groups in total. The van der Waals surface area contributed by atoms with Crippen molar-refractivity contribution in [2.45, 2.75) is 30.4 Å². The summed E-state index contributed by atoms with van der Waals surface area (Å²) in [6.07, 6.45) is 2.57. The van der Waals surface area contributed by atoms with Crippen molar-refractivity contribution in [1.29, 1.82) is 0 Å². The molecule has 1 unspecified atom stereocenters. The Balaban J connectivity index is 2.35. The largest absolute Gasteiger partial charge is 0.175 e. The molecule has 1 aliphatic carbocycles. The van der Waals surface area contributed by atoms with Crippen molar-refractivity contribution in [3.8, 4) is 0 Å². The normalized spacial score (nSPS) is 21.2. The van der Waals surface area contributed by atoms with E-state index in [0.29, 0.717) is 10.7 Å². The average Bonchev–Trinajstić information content (AvgIpc) is 2.83. The van der Waals surface area contributed by atoms with Crippen molar-refractivity contribution < 1.29 is 0 Å². The Morgan fingerprint density at radius 3 is 2.62 bits per heavy atom. The van der Waals surface area contributed by atoms with Crippen molar-refractivity contribution in [3.63, 3.8) is 0 Å². The minimum Gasteiger partial charge on any atom is -0.175 e. The van der Waals surface area contributed by atoms with Crippen LogP contribution in [0.25, 0.3) is 0 Å². The molecule has 0 spiro atoms. The predicted molar refractivity (Wildman–Crippen MR) is 63.5 cm³/mol. The summed E-state index contributed by atoms with van der Waals surface area (Å²) < 4.78 is 1.17. The summed E-state index contributed by atoms with van der Waals surface area (Å²) in [4.78, 5) is 0. The summed E-state index contributed by atoms with van der Waals surface area (Å²) in [7, 11) is 0. The zero-order valence-corrected chi connectivity index (χ0v) is 10.1. The standard InChI is InChI=1S/C11H13BrS/c1-8(13)11(5-6-11)9-3-2-4-10(12)7-9/h2-4,7-8,13H,5-6H2,1H3. The summed E-state index contributed by atoms with van der Waals surface area (Å²) in [5.41, 5.74) is 1.80. The van der Waals surface area contributed by atoms with Crippen LogP contribution in [0.4, 0.5) is 0 Å². The van der Waals surface area contributed by atoms with E-state index in [1.807, 2.05) is 0 Å². The van der Waals surface area contributed by atoms with E-state index in [1.165, 1.54) is 22.9 Å². The number of hydrogen-bond acceptors (Lipinski definition) is 1. The van der Waals surface area contributed by atoms with Gasteiger partial charge in [-0.2, -0.15) is 12.6 Å². The van der Waals surface area contributed by atoms with Gasteiger partial charge in [0.05, 0.1) is 0 Å². The van der Waals surface area contributed by atoms with Gasteiger partial charge in [-0.05, 0) is 30.5 Å². The maximum Gasteiger partial charge on any atom is 0.0178 e. The lowest BCUT2D eigenvalue weighted by molar-refractivity contribution is 0.685. The molecular weight excluding hydrogens is 244 g/mol. The van der Waals surface area contributed by atoms with E-state index in [4.69, 9.17) is 0 Å². The van der Waals surface area contributed by atoms with Crippen LogP contribution in [-0.2, 0) is 5.41 Å². The Hall–Kier alpha value is 0.0500. The fraction of sp³-hybridized carbons (Fsp3) is 0.455. The average molecular weight is 257 g/mol. The molecule has 0 aromatic heterocycles. The monoisotopic (exact) mass is 256 g/mol. The van der Waals surface area contributed by atoms with Crippen LogP contribution in [0.3, 0.4) is 0 Å². The summed E-state index contributed by atoms with van der Waals surface area (Å²) >= 11 is 8.08. The number of thiol groups is 1. The topological polar surface area (TPSA) is 0 Å². The Bertz CT molecular complexity index is 316. The van der Waals surface area contributed by atoms with Gasteiger partial charge in [0, 0.05) is 15.1 Å². The Morgan fingerprint density at radius 1 is 1.46 bits per heavy atom. The van der Waals surface area contributed by atoms with Crippen LogP contribution in [-0.4, -0.2) is 5.25 Å². The third kappa shape index (κ3) is 1.66. The molecule has 13 heavy (non-hydrogen) atoms. The highest BCUT2D eigenvalue weighted by molar-refractivity contribution is 9.10. The van der Waals surface area contributed by atoms with Gasteiger partial charge in [0.15, 0.2) is 0 Å². The quantitative estimate of drug-likeness (QED) is 0.765. The van der Waals surface area contributed by atoms with Gasteiger partial charge in [0.25, 0.3) is 0 Å². The molecule has 2 heteroatoms. The Morgan fingerprint density at radius 2 is 2.15 bits per heavy atom. The third-order valence-corrected chi connectivity index (χ3v) is 3.98. The maximum absolute atomic E-state index is 4.57. The Kier molecular flexibility index (Phi) is 2.45. The van der Waals surface area contributed by atoms with Crippen molar-refractivity contribution in [1.82, 2.24) is 0 Å². The summed E-state index contributed by atoms with van der Waals surface area (Å²) in [6.45, 7) is 2.19. The van der Waals surface area contributed by atoms with E-state index in [-0.39, 0.29) is 0 Å². The zero-order valence-electron chi connectivity index (χ0n) is 7.63. The first-order chi connectivity index (χ1) is 6.15. The SMILES string of the molecule is CC(S)C1(c2cccc(Br)c2)CC1. The molecule has 70 valence electrons. The van der Waals surface area contributed by atoms with E-state index < -0.39 is 0 Å². The summed E-state index contributed by atoms with van der Waals surface area (Å²) in [5.74, 6) is 0. The molecule has 1 fully saturated rings. The summed E-state index contributed by atoms with van der Waals surface area (Å²) in [6, 6.07) is 8.61. The van der Waals surface area contributed by atoms with E-state index >= 15 is 0 Å². The lowest BCUT2D eigenvalue weighted by atomic mass is 9.93. The molecule has 1 aromatic rings.